The quantitative estimate of drug-likeness (QED) is 0.767. The summed E-state index contributed by atoms with van der Waals surface area (Å²) in [6, 6.07) is 7.78. The molecule has 1 aliphatic carbocycles. The number of likely N-dealkylation sites (tertiary alicyclic amines) is 1. The van der Waals surface area contributed by atoms with Gasteiger partial charge < -0.3 is 20.2 Å². The zero-order chi connectivity index (χ0) is 19.7. The lowest BCUT2D eigenvalue weighted by Gasteiger charge is -2.32. The largest absolute Gasteiger partial charge is 0.393 e. The number of nitrogens with one attached hydrogen (secondary N) is 1. The number of hydrogen-bond acceptors (Lipinski definition) is 4. The second-order valence-electron chi connectivity index (χ2n) is 8.87. The number of carbonyl (C=O) groups excluding carboxylic acids is 2. The topological polar surface area (TPSA) is 72.9 Å². The number of carbonyl (C=O) groups is 2. The monoisotopic (exact) mass is 385 g/mol. The van der Waals surface area contributed by atoms with E-state index in [1.165, 1.54) is 18.5 Å². The SMILES string of the molecule is CC1CCN(c2ccc(NC(=O)C(=O)N3CC4CCC(O)CC4C3)cc2)CC1. The van der Waals surface area contributed by atoms with E-state index in [2.05, 4.69) is 17.1 Å². The molecule has 0 spiro atoms. The van der Waals surface area contributed by atoms with E-state index in [9.17, 15) is 14.7 Å². The van der Waals surface area contributed by atoms with Gasteiger partial charge in [0.05, 0.1) is 6.10 Å². The second-order valence-corrected chi connectivity index (χ2v) is 8.87. The average molecular weight is 386 g/mol. The Hall–Kier alpha value is -2.08. The molecule has 3 atom stereocenters. The Morgan fingerprint density at radius 1 is 1.00 bits per heavy atom. The van der Waals surface area contributed by atoms with E-state index < -0.39 is 11.8 Å². The van der Waals surface area contributed by atoms with Gasteiger partial charge in [-0.15, -0.1) is 0 Å². The number of aliphatic hydroxyl groups excluding tert-OH is 1. The van der Waals surface area contributed by atoms with Crippen LogP contribution in [0.25, 0.3) is 0 Å². The molecule has 4 rings (SSSR count). The van der Waals surface area contributed by atoms with Gasteiger partial charge in [-0.25, -0.2) is 0 Å². The maximum Gasteiger partial charge on any atom is 0.313 e. The number of fused-ring (bicyclic) bond motifs is 1. The maximum absolute atomic E-state index is 12.6. The summed E-state index contributed by atoms with van der Waals surface area (Å²) in [5, 5.41) is 12.6. The lowest BCUT2D eigenvalue weighted by molar-refractivity contribution is -0.142. The van der Waals surface area contributed by atoms with Gasteiger partial charge >= 0.3 is 11.8 Å². The maximum atomic E-state index is 12.6. The minimum atomic E-state index is -0.571. The highest BCUT2D eigenvalue weighted by Crippen LogP contribution is 2.36. The van der Waals surface area contributed by atoms with Crippen LogP contribution in [0, 0.1) is 17.8 Å². The molecule has 6 heteroatoms. The lowest BCUT2D eigenvalue weighted by atomic mass is 9.80. The predicted molar refractivity (Wildman–Crippen MR) is 109 cm³/mol. The molecule has 28 heavy (non-hydrogen) atoms. The molecule has 0 aromatic heterocycles. The number of piperidine rings is 1. The molecule has 3 unspecified atom stereocenters. The summed E-state index contributed by atoms with van der Waals surface area (Å²) < 4.78 is 0. The number of nitrogens with zero attached hydrogens (tertiary/aromatic N) is 2. The Labute approximate surface area is 166 Å². The molecule has 2 aliphatic heterocycles. The zero-order valence-electron chi connectivity index (χ0n) is 16.6. The Morgan fingerprint density at radius 3 is 2.39 bits per heavy atom. The van der Waals surface area contributed by atoms with Crippen LogP contribution in [0.5, 0.6) is 0 Å². The van der Waals surface area contributed by atoms with Gasteiger partial charge in [-0.2, -0.15) is 0 Å². The normalized spacial score (nSPS) is 28.1. The molecule has 2 amide bonds. The fourth-order valence-electron chi connectivity index (χ4n) is 4.92. The van der Waals surface area contributed by atoms with Crippen LogP contribution in [0.1, 0.15) is 39.0 Å². The molecule has 2 saturated heterocycles. The Balaban J connectivity index is 1.31. The van der Waals surface area contributed by atoms with Crippen molar-refractivity contribution in [3.8, 4) is 0 Å². The van der Waals surface area contributed by atoms with Gasteiger partial charge in [0.1, 0.15) is 0 Å². The van der Waals surface area contributed by atoms with E-state index in [1.54, 1.807) is 4.90 Å². The van der Waals surface area contributed by atoms with Gasteiger partial charge in [0.25, 0.3) is 0 Å². The van der Waals surface area contributed by atoms with E-state index in [-0.39, 0.29) is 6.10 Å². The molecule has 3 fully saturated rings. The number of anilines is 2. The minimum absolute atomic E-state index is 0.258. The number of hydrogen-bond donors (Lipinski definition) is 2. The Bertz CT molecular complexity index is 712. The molecule has 1 aromatic rings. The molecular formula is C22H31N3O3. The van der Waals surface area contributed by atoms with Gasteiger partial charge in [0, 0.05) is 37.6 Å². The summed E-state index contributed by atoms with van der Waals surface area (Å²) >= 11 is 0. The number of rotatable bonds is 2. The van der Waals surface area contributed by atoms with Crippen LogP contribution in [0.15, 0.2) is 24.3 Å². The third-order valence-electron chi connectivity index (χ3n) is 6.78. The molecule has 2 N–H and O–H groups in total. The van der Waals surface area contributed by atoms with E-state index in [4.69, 9.17) is 0 Å². The van der Waals surface area contributed by atoms with Gasteiger partial charge in [-0.3, -0.25) is 9.59 Å². The summed E-state index contributed by atoms with van der Waals surface area (Å²) in [7, 11) is 0. The van der Waals surface area contributed by atoms with Crippen molar-refractivity contribution in [2.45, 2.75) is 45.1 Å². The number of aliphatic hydroxyl groups is 1. The lowest BCUT2D eigenvalue weighted by Crippen LogP contribution is -2.38. The van der Waals surface area contributed by atoms with Crippen molar-refractivity contribution in [3.63, 3.8) is 0 Å². The molecule has 3 aliphatic rings. The van der Waals surface area contributed by atoms with Gasteiger partial charge in [-0.05, 0) is 74.1 Å². The summed E-state index contributed by atoms with van der Waals surface area (Å²) in [5.74, 6) is 0.508. The van der Waals surface area contributed by atoms with Gasteiger partial charge in [0.15, 0.2) is 0 Å². The van der Waals surface area contributed by atoms with Gasteiger partial charge in [-0.1, -0.05) is 6.92 Å². The summed E-state index contributed by atoms with van der Waals surface area (Å²) in [6.07, 6.45) is 4.65. The highest BCUT2D eigenvalue weighted by atomic mass is 16.3. The fourth-order valence-corrected chi connectivity index (χ4v) is 4.92. The van der Waals surface area contributed by atoms with E-state index in [0.717, 1.165) is 38.3 Å². The molecule has 1 aromatic carbocycles. The summed E-state index contributed by atoms with van der Waals surface area (Å²) in [6.45, 7) is 5.65. The number of benzene rings is 1. The van der Waals surface area contributed by atoms with Crippen molar-refractivity contribution < 1.29 is 14.7 Å². The van der Waals surface area contributed by atoms with Crippen LogP contribution in [0.4, 0.5) is 11.4 Å². The third-order valence-corrected chi connectivity index (χ3v) is 6.78. The van der Waals surface area contributed by atoms with E-state index in [1.807, 2.05) is 24.3 Å². The average Bonchev–Trinajstić information content (AvgIpc) is 3.11. The van der Waals surface area contributed by atoms with Crippen molar-refractivity contribution >= 4 is 23.2 Å². The molecule has 0 bridgehead atoms. The van der Waals surface area contributed by atoms with Crippen LogP contribution in [-0.4, -0.2) is 54.1 Å². The zero-order valence-corrected chi connectivity index (χ0v) is 16.6. The standard InChI is InChI=1S/C22H31N3O3/c1-15-8-10-24(11-9-15)19-5-3-18(4-6-19)23-21(27)22(28)25-13-16-2-7-20(26)12-17(16)14-25/h3-6,15-17,20,26H,2,7-14H2,1H3,(H,23,27). The first-order chi connectivity index (χ1) is 13.5. The van der Waals surface area contributed by atoms with Gasteiger partial charge in [0.2, 0.25) is 0 Å². The van der Waals surface area contributed by atoms with Crippen molar-refractivity contribution in [2.75, 3.05) is 36.4 Å². The Kier molecular flexibility index (Phi) is 5.58. The van der Waals surface area contributed by atoms with Crippen LogP contribution in [0.3, 0.4) is 0 Å². The molecule has 2 heterocycles. The van der Waals surface area contributed by atoms with E-state index in [0.29, 0.717) is 30.6 Å². The van der Waals surface area contributed by atoms with Crippen molar-refractivity contribution in [3.05, 3.63) is 24.3 Å². The van der Waals surface area contributed by atoms with Crippen LogP contribution >= 0.6 is 0 Å². The smallest absolute Gasteiger partial charge is 0.313 e. The first-order valence-corrected chi connectivity index (χ1v) is 10.6. The number of amides is 2. The Morgan fingerprint density at radius 2 is 1.68 bits per heavy atom. The van der Waals surface area contributed by atoms with Crippen LogP contribution in [0.2, 0.25) is 0 Å². The van der Waals surface area contributed by atoms with Crippen molar-refractivity contribution in [1.29, 1.82) is 0 Å². The van der Waals surface area contributed by atoms with Crippen molar-refractivity contribution in [1.82, 2.24) is 4.90 Å². The minimum Gasteiger partial charge on any atom is -0.393 e. The first kappa shape index (κ1) is 19.2. The molecule has 1 saturated carbocycles. The van der Waals surface area contributed by atoms with E-state index >= 15 is 0 Å². The molecule has 152 valence electrons. The summed E-state index contributed by atoms with van der Waals surface area (Å²) in [5.41, 5.74) is 1.82. The molecular weight excluding hydrogens is 354 g/mol. The van der Waals surface area contributed by atoms with Crippen LogP contribution in [-0.2, 0) is 9.59 Å². The predicted octanol–water partition coefficient (Wildman–Crippen LogP) is 2.48. The fraction of sp³-hybridized carbons (Fsp3) is 0.636. The highest BCUT2D eigenvalue weighted by molar-refractivity contribution is 6.39. The van der Waals surface area contributed by atoms with Crippen LogP contribution < -0.4 is 10.2 Å². The third kappa shape index (κ3) is 4.17. The first-order valence-electron chi connectivity index (χ1n) is 10.6. The molecule has 0 radical (unpaired) electrons. The van der Waals surface area contributed by atoms with Crippen molar-refractivity contribution in [2.24, 2.45) is 17.8 Å². The summed E-state index contributed by atoms with van der Waals surface area (Å²) in [4.78, 5) is 29.0. The molecule has 6 nitrogen and oxygen atoms in total. The highest BCUT2D eigenvalue weighted by Gasteiger charge is 2.40. The second kappa shape index (κ2) is 8.11.